The minimum Gasteiger partial charge on any atom is -0.357 e. The Morgan fingerprint density at radius 1 is 1.25 bits per heavy atom. The third kappa shape index (κ3) is 7.18. The minimum absolute atomic E-state index is 0. The van der Waals surface area contributed by atoms with Crippen LogP contribution < -0.4 is 10.6 Å². The van der Waals surface area contributed by atoms with Crippen molar-refractivity contribution in [2.45, 2.75) is 59.0 Å². The number of carbonyl (C=O) groups excluding carboxylic acids is 1. The molecule has 0 unspecified atom stereocenters. The highest BCUT2D eigenvalue weighted by molar-refractivity contribution is 14.0. The van der Waals surface area contributed by atoms with Gasteiger partial charge in [-0.1, -0.05) is 32.0 Å². The number of benzene rings is 1. The van der Waals surface area contributed by atoms with Crippen LogP contribution in [0.2, 0.25) is 0 Å². The number of piperidine rings is 1. The molecule has 1 saturated heterocycles. The molecule has 8 nitrogen and oxygen atoms in total. The summed E-state index contributed by atoms with van der Waals surface area (Å²) >= 11 is 0. The number of hydrogen-bond donors (Lipinski definition) is 3. The van der Waals surface area contributed by atoms with Crippen LogP contribution >= 0.6 is 24.0 Å². The third-order valence-electron chi connectivity index (χ3n) is 5.86. The van der Waals surface area contributed by atoms with Gasteiger partial charge >= 0.3 is 0 Å². The lowest BCUT2D eigenvalue weighted by atomic mass is 9.98. The van der Waals surface area contributed by atoms with Crippen molar-refractivity contribution in [1.82, 2.24) is 30.7 Å². The number of amides is 1. The summed E-state index contributed by atoms with van der Waals surface area (Å²) in [6, 6.07) is 8.48. The highest BCUT2D eigenvalue weighted by Crippen LogP contribution is 2.18. The number of carbonyl (C=O) groups is 1. The van der Waals surface area contributed by atoms with Crippen LogP contribution in [0.4, 0.5) is 0 Å². The lowest BCUT2D eigenvalue weighted by Crippen LogP contribution is -2.50. The van der Waals surface area contributed by atoms with E-state index in [9.17, 15) is 4.79 Å². The molecule has 0 atom stereocenters. The molecule has 1 aliphatic rings. The average Bonchev–Trinajstić information content (AvgIpc) is 3.34. The quantitative estimate of drug-likeness (QED) is 0.264. The molecule has 3 N–H and O–H groups in total. The van der Waals surface area contributed by atoms with Crippen molar-refractivity contribution in [1.29, 1.82) is 0 Å². The number of hydrogen-bond acceptors (Lipinski definition) is 4. The van der Waals surface area contributed by atoms with Crippen LogP contribution in [0.5, 0.6) is 0 Å². The predicted octanol–water partition coefficient (Wildman–Crippen LogP) is 3.57. The van der Waals surface area contributed by atoms with E-state index >= 15 is 0 Å². The van der Waals surface area contributed by atoms with Gasteiger partial charge in [-0.2, -0.15) is 5.10 Å². The standard InChI is InChI=1S/C23H35N7O.HI/c1-4-18(5-2)22(31)30-12-10-20(11-13-30)28-23(24-6-3)25-15-17-8-7-9-19(14-17)21-26-16-27-29-21;/h7-9,14,16,18,20H,4-6,10-13,15H2,1-3H3,(H2,24,25,28)(H,26,27,29);1H. The first-order valence-corrected chi connectivity index (χ1v) is 11.4. The largest absolute Gasteiger partial charge is 0.357 e. The summed E-state index contributed by atoms with van der Waals surface area (Å²) in [6.45, 7) is 9.26. The second-order valence-corrected chi connectivity index (χ2v) is 7.99. The highest BCUT2D eigenvalue weighted by Gasteiger charge is 2.26. The molecule has 1 aromatic heterocycles. The van der Waals surface area contributed by atoms with Gasteiger partial charge in [-0.05, 0) is 44.2 Å². The molecule has 0 bridgehead atoms. The first-order valence-electron chi connectivity index (χ1n) is 11.4. The molecule has 1 amide bonds. The number of likely N-dealkylation sites (tertiary alicyclic amines) is 1. The Kier molecular flexibility index (Phi) is 10.9. The molecule has 1 aromatic carbocycles. The SMILES string of the molecule is CCNC(=NCc1cccc(-c2ncn[nH]2)c1)NC1CCN(C(=O)C(CC)CC)CC1.I. The lowest BCUT2D eigenvalue weighted by molar-refractivity contribution is -0.136. The predicted molar refractivity (Wildman–Crippen MR) is 139 cm³/mol. The molecule has 0 radical (unpaired) electrons. The lowest BCUT2D eigenvalue weighted by Gasteiger charge is -2.34. The summed E-state index contributed by atoms with van der Waals surface area (Å²) in [5, 5.41) is 13.7. The van der Waals surface area contributed by atoms with E-state index < -0.39 is 0 Å². The molecule has 0 saturated carbocycles. The topological polar surface area (TPSA) is 98.3 Å². The van der Waals surface area contributed by atoms with Crippen molar-refractivity contribution in [2.24, 2.45) is 10.9 Å². The van der Waals surface area contributed by atoms with Crippen LogP contribution in [0, 0.1) is 5.92 Å². The Bertz CT molecular complexity index is 844. The first kappa shape index (κ1) is 26.1. The number of aromatic amines is 1. The monoisotopic (exact) mass is 553 g/mol. The van der Waals surface area contributed by atoms with E-state index in [0.29, 0.717) is 18.5 Å². The maximum atomic E-state index is 12.6. The van der Waals surface area contributed by atoms with Crippen LogP contribution in [0.15, 0.2) is 35.6 Å². The van der Waals surface area contributed by atoms with Crippen molar-refractivity contribution >= 4 is 35.8 Å². The van der Waals surface area contributed by atoms with Gasteiger partial charge in [0.25, 0.3) is 0 Å². The Hall–Kier alpha value is -2.17. The fraction of sp³-hybridized carbons (Fsp3) is 0.565. The number of halogens is 1. The fourth-order valence-electron chi connectivity index (χ4n) is 3.99. The van der Waals surface area contributed by atoms with Gasteiger partial charge in [-0.15, -0.1) is 24.0 Å². The smallest absolute Gasteiger partial charge is 0.225 e. The molecular formula is C23H36IN7O. The van der Waals surface area contributed by atoms with Crippen molar-refractivity contribution < 1.29 is 4.79 Å². The van der Waals surface area contributed by atoms with Crippen molar-refractivity contribution in [3.63, 3.8) is 0 Å². The summed E-state index contributed by atoms with van der Waals surface area (Å²) in [4.78, 5) is 23.7. The summed E-state index contributed by atoms with van der Waals surface area (Å²) in [5.74, 6) is 2.05. The number of H-pyrrole nitrogens is 1. The van der Waals surface area contributed by atoms with Crippen molar-refractivity contribution in [3.05, 3.63) is 36.2 Å². The second-order valence-electron chi connectivity index (χ2n) is 7.99. The molecule has 3 rings (SSSR count). The van der Waals surface area contributed by atoms with Crippen LogP contribution in [0.25, 0.3) is 11.4 Å². The molecular weight excluding hydrogens is 517 g/mol. The Balaban J connectivity index is 0.00000363. The summed E-state index contributed by atoms with van der Waals surface area (Å²) in [7, 11) is 0. The number of nitrogens with zero attached hydrogens (tertiary/aromatic N) is 4. The summed E-state index contributed by atoms with van der Waals surface area (Å²) < 4.78 is 0. The summed E-state index contributed by atoms with van der Waals surface area (Å²) in [6.07, 6.45) is 5.23. The molecule has 1 aliphatic heterocycles. The second kappa shape index (κ2) is 13.4. The molecule has 0 spiro atoms. The van der Waals surface area contributed by atoms with Gasteiger partial charge in [0.2, 0.25) is 5.91 Å². The Labute approximate surface area is 208 Å². The van der Waals surface area contributed by atoms with E-state index in [4.69, 9.17) is 4.99 Å². The maximum absolute atomic E-state index is 12.6. The highest BCUT2D eigenvalue weighted by atomic mass is 127. The summed E-state index contributed by atoms with van der Waals surface area (Å²) in [5.41, 5.74) is 2.11. The molecule has 2 heterocycles. The zero-order valence-electron chi connectivity index (χ0n) is 19.3. The van der Waals surface area contributed by atoms with E-state index in [1.54, 1.807) is 0 Å². The Morgan fingerprint density at radius 2 is 2.00 bits per heavy atom. The first-order chi connectivity index (χ1) is 15.1. The van der Waals surface area contributed by atoms with Crippen LogP contribution in [0.3, 0.4) is 0 Å². The molecule has 32 heavy (non-hydrogen) atoms. The average molecular weight is 553 g/mol. The van der Waals surface area contributed by atoms with Gasteiger partial charge in [0.15, 0.2) is 11.8 Å². The fourth-order valence-corrected chi connectivity index (χ4v) is 3.99. The van der Waals surface area contributed by atoms with Gasteiger partial charge in [0, 0.05) is 37.2 Å². The molecule has 2 aromatic rings. The number of guanidine groups is 1. The van der Waals surface area contributed by atoms with E-state index in [1.807, 2.05) is 17.0 Å². The van der Waals surface area contributed by atoms with Gasteiger partial charge in [-0.25, -0.2) is 9.98 Å². The third-order valence-corrected chi connectivity index (χ3v) is 5.86. The van der Waals surface area contributed by atoms with Gasteiger partial charge in [0.1, 0.15) is 6.33 Å². The van der Waals surface area contributed by atoms with E-state index in [-0.39, 0.29) is 29.9 Å². The number of nitrogens with one attached hydrogen (secondary N) is 3. The van der Waals surface area contributed by atoms with Crippen LogP contribution in [-0.4, -0.2) is 57.6 Å². The van der Waals surface area contributed by atoms with Gasteiger partial charge in [-0.3, -0.25) is 9.89 Å². The molecule has 0 aliphatic carbocycles. The van der Waals surface area contributed by atoms with E-state index in [1.165, 1.54) is 6.33 Å². The molecule has 9 heteroatoms. The van der Waals surface area contributed by atoms with Crippen LogP contribution in [-0.2, 0) is 11.3 Å². The maximum Gasteiger partial charge on any atom is 0.225 e. The van der Waals surface area contributed by atoms with Crippen molar-refractivity contribution in [2.75, 3.05) is 19.6 Å². The van der Waals surface area contributed by atoms with Crippen LogP contribution in [0.1, 0.15) is 52.0 Å². The van der Waals surface area contributed by atoms with Gasteiger partial charge < -0.3 is 15.5 Å². The Morgan fingerprint density at radius 3 is 2.62 bits per heavy atom. The normalized spacial score (nSPS) is 14.9. The van der Waals surface area contributed by atoms with E-state index in [0.717, 1.165) is 68.2 Å². The minimum atomic E-state index is 0. The molecule has 176 valence electrons. The number of aliphatic imine (C=N–C) groups is 1. The number of aromatic nitrogens is 3. The van der Waals surface area contributed by atoms with Crippen molar-refractivity contribution in [3.8, 4) is 11.4 Å². The zero-order chi connectivity index (χ0) is 22.1. The van der Waals surface area contributed by atoms with Gasteiger partial charge in [0.05, 0.1) is 6.54 Å². The molecule has 1 fully saturated rings. The zero-order valence-corrected chi connectivity index (χ0v) is 21.6. The van der Waals surface area contributed by atoms with E-state index in [2.05, 4.69) is 58.7 Å². The number of rotatable bonds is 8.